The molecule has 0 unspecified atom stereocenters. The van der Waals surface area contributed by atoms with Gasteiger partial charge in [0, 0.05) is 50.7 Å². The third-order valence-electron chi connectivity index (χ3n) is 4.68. The molecule has 0 atom stereocenters. The second kappa shape index (κ2) is 9.51. The van der Waals surface area contributed by atoms with Crippen LogP contribution in [0.15, 0.2) is 42.5 Å². The normalized spacial score (nSPS) is 15.7. The third-order valence-corrected chi connectivity index (χ3v) is 5.36. The van der Waals surface area contributed by atoms with Gasteiger partial charge in [0.1, 0.15) is 5.82 Å². The Bertz CT molecular complexity index is 795. The predicted octanol–water partition coefficient (Wildman–Crippen LogP) is 4.28. The summed E-state index contributed by atoms with van der Waals surface area (Å²) in [5.41, 5.74) is 1.58. The van der Waals surface area contributed by atoms with Gasteiger partial charge in [-0.3, -0.25) is 9.69 Å². The number of nitrogens with one attached hydrogen (secondary N) is 1. The molecule has 0 bridgehead atoms. The highest BCUT2D eigenvalue weighted by molar-refractivity contribution is 6.33. The molecule has 1 heterocycles. The Balaban J connectivity index is 1.40. The van der Waals surface area contributed by atoms with Gasteiger partial charge in [-0.1, -0.05) is 41.4 Å². The minimum absolute atomic E-state index is 0.0383. The maximum Gasteiger partial charge on any atom is 0.225 e. The highest BCUT2D eigenvalue weighted by Crippen LogP contribution is 2.21. The first-order chi connectivity index (χ1) is 13.0. The van der Waals surface area contributed by atoms with E-state index in [0.717, 1.165) is 31.7 Å². The predicted molar refractivity (Wildman–Crippen MR) is 108 cm³/mol. The number of halogens is 3. The molecule has 7 heteroatoms. The minimum atomic E-state index is -0.316. The fourth-order valence-electron chi connectivity index (χ4n) is 3.10. The van der Waals surface area contributed by atoms with Gasteiger partial charge in [-0.25, -0.2) is 4.39 Å². The highest BCUT2D eigenvalue weighted by atomic mass is 35.5. The van der Waals surface area contributed by atoms with Crippen molar-refractivity contribution < 1.29 is 9.18 Å². The summed E-state index contributed by atoms with van der Waals surface area (Å²) in [4.78, 5) is 16.7. The maximum absolute atomic E-state index is 13.1. The Hall–Kier alpha value is -1.66. The van der Waals surface area contributed by atoms with Crippen LogP contribution >= 0.6 is 23.2 Å². The number of hydrogen-bond donors (Lipinski definition) is 1. The summed E-state index contributed by atoms with van der Waals surface area (Å²) in [6.45, 7) is 4.97. The van der Waals surface area contributed by atoms with Crippen molar-refractivity contribution in [3.8, 4) is 0 Å². The first-order valence-corrected chi connectivity index (χ1v) is 9.70. The van der Waals surface area contributed by atoms with Crippen LogP contribution in [0.5, 0.6) is 0 Å². The zero-order valence-electron chi connectivity index (χ0n) is 14.9. The van der Waals surface area contributed by atoms with E-state index in [1.807, 2.05) is 12.1 Å². The summed E-state index contributed by atoms with van der Waals surface area (Å²) in [5, 5.41) is 3.86. The summed E-state index contributed by atoms with van der Waals surface area (Å²) in [5.74, 6) is -0.354. The molecule has 0 aliphatic carbocycles. The van der Waals surface area contributed by atoms with E-state index < -0.39 is 0 Å². The molecule has 1 amide bonds. The summed E-state index contributed by atoms with van der Waals surface area (Å²) >= 11 is 12.2. The van der Waals surface area contributed by atoms with Gasteiger partial charge in [0.15, 0.2) is 0 Å². The van der Waals surface area contributed by atoms with Crippen molar-refractivity contribution in [3.63, 3.8) is 0 Å². The lowest BCUT2D eigenvalue weighted by Crippen LogP contribution is -2.46. The van der Waals surface area contributed by atoms with Gasteiger partial charge in [0.05, 0.1) is 10.7 Å². The zero-order chi connectivity index (χ0) is 19.2. The average Bonchev–Trinajstić information content (AvgIpc) is 2.65. The molecule has 1 aliphatic rings. The first-order valence-electron chi connectivity index (χ1n) is 8.94. The lowest BCUT2D eigenvalue weighted by Gasteiger charge is -2.34. The maximum atomic E-state index is 13.1. The standard InChI is InChI=1S/C20H22Cl2FN3O/c21-17-3-1-2-4-19(17)24-20(27)7-8-25-9-11-26(12-10-25)14-15-5-6-16(23)13-18(15)22/h1-6,13H,7-12,14H2,(H,24,27). The van der Waals surface area contributed by atoms with Crippen molar-refractivity contribution >= 4 is 34.8 Å². The Morgan fingerprint density at radius 1 is 1.00 bits per heavy atom. The van der Waals surface area contributed by atoms with Crippen LogP contribution in [0.4, 0.5) is 10.1 Å². The number of anilines is 1. The van der Waals surface area contributed by atoms with Crippen molar-refractivity contribution in [2.45, 2.75) is 13.0 Å². The SMILES string of the molecule is O=C(CCN1CCN(Cc2ccc(F)cc2Cl)CC1)Nc1ccccc1Cl. The molecule has 1 aliphatic heterocycles. The molecule has 144 valence electrons. The van der Waals surface area contributed by atoms with Crippen LogP contribution in [0.3, 0.4) is 0 Å². The fourth-order valence-corrected chi connectivity index (χ4v) is 3.51. The first kappa shape index (κ1) is 20.1. The molecular formula is C20H22Cl2FN3O. The number of amides is 1. The monoisotopic (exact) mass is 409 g/mol. The smallest absolute Gasteiger partial charge is 0.225 e. The topological polar surface area (TPSA) is 35.6 Å². The molecule has 2 aromatic rings. The van der Waals surface area contributed by atoms with Crippen LogP contribution < -0.4 is 5.32 Å². The third kappa shape index (κ3) is 5.91. The molecule has 1 saturated heterocycles. The quantitative estimate of drug-likeness (QED) is 0.773. The molecule has 1 fully saturated rings. The molecule has 2 aromatic carbocycles. The zero-order valence-corrected chi connectivity index (χ0v) is 16.4. The van der Waals surface area contributed by atoms with Gasteiger partial charge in [-0.15, -0.1) is 0 Å². The summed E-state index contributed by atoms with van der Waals surface area (Å²) < 4.78 is 13.1. The molecule has 0 radical (unpaired) electrons. The minimum Gasteiger partial charge on any atom is -0.325 e. The van der Waals surface area contributed by atoms with Crippen LogP contribution in [0.2, 0.25) is 10.0 Å². The van der Waals surface area contributed by atoms with Gasteiger partial charge in [0.2, 0.25) is 5.91 Å². The molecule has 0 saturated carbocycles. The van der Waals surface area contributed by atoms with Crippen LogP contribution in [-0.2, 0) is 11.3 Å². The van der Waals surface area contributed by atoms with Gasteiger partial charge in [0.25, 0.3) is 0 Å². The second-order valence-electron chi connectivity index (χ2n) is 6.63. The molecule has 1 N–H and O–H groups in total. The number of benzene rings is 2. The summed E-state index contributed by atoms with van der Waals surface area (Å²) in [6, 6.07) is 11.7. The van der Waals surface area contributed by atoms with Crippen molar-refractivity contribution in [1.82, 2.24) is 9.80 Å². The van der Waals surface area contributed by atoms with Gasteiger partial charge in [-0.05, 0) is 29.8 Å². The second-order valence-corrected chi connectivity index (χ2v) is 7.45. The average molecular weight is 410 g/mol. The molecule has 0 aromatic heterocycles. The van der Waals surface area contributed by atoms with Crippen molar-refractivity contribution in [1.29, 1.82) is 0 Å². The van der Waals surface area contributed by atoms with Gasteiger partial charge >= 0.3 is 0 Å². The number of carbonyl (C=O) groups is 1. The molecule has 4 nitrogen and oxygen atoms in total. The van der Waals surface area contributed by atoms with Crippen LogP contribution in [-0.4, -0.2) is 48.4 Å². The van der Waals surface area contributed by atoms with E-state index >= 15 is 0 Å². The lowest BCUT2D eigenvalue weighted by molar-refractivity contribution is -0.116. The van der Waals surface area contributed by atoms with Gasteiger partial charge in [-0.2, -0.15) is 0 Å². The lowest BCUT2D eigenvalue weighted by atomic mass is 10.2. The largest absolute Gasteiger partial charge is 0.325 e. The Kier molecular flexibility index (Phi) is 7.07. The number of carbonyl (C=O) groups excluding carboxylic acids is 1. The van der Waals surface area contributed by atoms with E-state index in [4.69, 9.17) is 23.2 Å². The summed E-state index contributed by atoms with van der Waals surface area (Å²) in [6.07, 6.45) is 0.426. The Morgan fingerprint density at radius 2 is 1.70 bits per heavy atom. The summed E-state index contributed by atoms with van der Waals surface area (Å²) in [7, 11) is 0. The molecule has 3 rings (SSSR count). The van der Waals surface area contributed by atoms with Crippen molar-refractivity contribution in [2.24, 2.45) is 0 Å². The molecule has 0 spiro atoms. The van der Waals surface area contributed by atoms with Crippen LogP contribution in [0.25, 0.3) is 0 Å². The Morgan fingerprint density at radius 3 is 2.41 bits per heavy atom. The molecular weight excluding hydrogens is 388 g/mol. The van der Waals surface area contributed by atoms with E-state index in [-0.39, 0.29) is 11.7 Å². The van der Waals surface area contributed by atoms with E-state index in [1.165, 1.54) is 12.1 Å². The van der Waals surface area contributed by atoms with Crippen molar-refractivity contribution in [3.05, 3.63) is 63.9 Å². The van der Waals surface area contributed by atoms with Gasteiger partial charge < -0.3 is 10.2 Å². The van der Waals surface area contributed by atoms with Crippen LogP contribution in [0, 0.1) is 5.82 Å². The molecule has 27 heavy (non-hydrogen) atoms. The van der Waals surface area contributed by atoms with E-state index in [2.05, 4.69) is 15.1 Å². The number of rotatable bonds is 6. The van der Waals surface area contributed by atoms with E-state index in [1.54, 1.807) is 18.2 Å². The Labute approximate surface area is 168 Å². The highest BCUT2D eigenvalue weighted by Gasteiger charge is 2.18. The van der Waals surface area contributed by atoms with Crippen molar-refractivity contribution in [2.75, 3.05) is 38.0 Å². The van der Waals surface area contributed by atoms with E-state index in [9.17, 15) is 9.18 Å². The number of nitrogens with zero attached hydrogens (tertiary/aromatic N) is 2. The van der Waals surface area contributed by atoms with E-state index in [0.29, 0.717) is 35.2 Å². The number of para-hydroxylation sites is 1. The number of hydrogen-bond acceptors (Lipinski definition) is 3. The number of piperazine rings is 1. The van der Waals surface area contributed by atoms with Crippen LogP contribution in [0.1, 0.15) is 12.0 Å². The fraction of sp³-hybridized carbons (Fsp3) is 0.350.